The molecule has 0 radical (unpaired) electrons. The van der Waals surface area contributed by atoms with Gasteiger partial charge in [-0.15, -0.1) is 11.8 Å². The van der Waals surface area contributed by atoms with Crippen molar-refractivity contribution in [2.45, 2.75) is 19.1 Å². The van der Waals surface area contributed by atoms with E-state index in [0.717, 1.165) is 39.5 Å². The molecule has 0 spiro atoms. The van der Waals surface area contributed by atoms with E-state index >= 15 is 0 Å². The molecule has 8 heteroatoms. The van der Waals surface area contributed by atoms with E-state index in [9.17, 15) is 4.79 Å². The van der Waals surface area contributed by atoms with E-state index < -0.39 is 0 Å². The number of rotatable bonds is 4. The zero-order valence-electron chi connectivity index (χ0n) is 18.6. The standard InChI is InChI=1S/C25H23N5O2S/c1-15-13-16(2)27-25(26-15)30-24-21(22(29-30)17-9-5-4-6-10-17)23(33-14-20(31)28-24)18-11-7-8-12-19(18)32-3/h4-13,23H,14H2,1-3H3,(H,28,31)/t23-/m0/s1. The third-order valence-corrected chi connectivity index (χ3v) is 6.70. The summed E-state index contributed by atoms with van der Waals surface area (Å²) in [6.45, 7) is 3.84. The fraction of sp³-hybridized carbons (Fsp3) is 0.200. The lowest BCUT2D eigenvalue weighted by Crippen LogP contribution is -2.17. The molecule has 33 heavy (non-hydrogen) atoms. The second kappa shape index (κ2) is 8.71. The molecular weight excluding hydrogens is 434 g/mol. The quantitative estimate of drug-likeness (QED) is 0.477. The van der Waals surface area contributed by atoms with Gasteiger partial charge in [-0.2, -0.15) is 9.78 Å². The molecule has 0 aliphatic carbocycles. The molecule has 0 saturated carbocycles. The number of benzene rings is 2. The number of carbonyl (C=O) groups is 1. The topological polar surface area (TPSA) is 81.9 Å². The Bertz CT molecular complexity index is 1320. The van der Waals surface area contributed by atoms with Crippen LogP contribution in [0.4, 0.5) is 5.82 Å². The van der Waals surface area contributed by atoms with Gasteiger partial charge in [-0.05, 0) is 26.0 Å². The van der Waals surface area contributed by atoms with Crippen LogP contribution in [-0.4, -0.2) is 38.5 Å². The first-order chi connectivity index (χ1) is 16.0. The lowest BCUT2D eigenvalue weighted by molar-refractivity contribution is -0.113. The predicted molar refractivity (Wildman–Crippen MR) is 130 cm³/mol. The molecule has 2 aromatic heterocycles. The smallest absolute Gasteiger partial charge is 0.252 e. The number of para-hydroxylation sites is 1. The minimum Gasteiger partial charge on any atom is -0.496 e. The van der Waals surface area contributed by atoms with Crippen molar-refractivity contribution >= 4 is 23.5 Å². The summed E-state index contributed by atoms with van der Waals surface area (Å²) in [4.78, 5) is 22.0. The number of aromatic nitrogens is 4. The Kier molecular flexibility index (Phi) is 5.60. The van der Waals surface area contributed by atoms with Gasteiger partial charge in [0.05, 0.1) is 23.8 Å². The van der Waals surface area contributed by atoms with Crippen LogP contribution in [-0.2, 0) is 4.79 Å². The summed E-state index contributed by atoms with van der Waals surface area (Å²) < 4.78 is 7.34. The summed E-state index contributed by atoms with van der Waals surface area (Å²) in [5.41, 5.74) is 5.29. The number of aryl methyl sites for hydroxylation is 2. The third kappa shape index (κ3) is 3.98. The molecular formula is C25H23N5O2S. The van der Waals surface area contributed by atoms with Crippen LogP contribution in [0.1, 0.15) is 27.8 Å². The van der Waals surface area contributed by atoms with E-state index in [1.807, 2.05) is 74.5 Å². The van der Waals surface area contributed by atoms with E-state index in [0.29, 0.717) is 17.5 Å². The zero-order chi connectivity index (χ0) is 22.9. The van der Waals surface area contributed by atoms with Crippen LogP contribution in [0.5, 0.6) is 5.75 Å². The van der Waals surface area contributed by atoms with Crippen molar-refractivity contribution in [2.24, 2.45) is 0 Å². The molecule has 0 saturated heterocycles. The number of carbonyl (C=O) groups excluding carboxylic acids is 1. The first-order valence-corrected chi connectivity index (χ1v) is 11.7. The number of hydrogen-bond acceptors (Lipinski definition) is 6. The van der Waals surface area contributed by atoms with E-state index in [1.165, 1.54) is 0 Å². The molecule has 166 valence electrons. The second-order valence-corrected chi connectivity index (χ2v) is 8.91. The van der Waals surface area contributed by atoms with Crippen LogP contribution in [0.3, 0.4) is 0 Å². The highest BCUT2D eigenvalue weighted by Crippen LogP contribution is 2.48. The first-order valence-electron chi connectivity index (χ1n) is 10.6. The molecule has 0 bridgehead atoms. The molecule has 3 heterocycles. The SMILES string of the molecule is COc1ccccc1[C@@H]1SCC(=O)Nc2c1c(-c1ccccc1)nn2-c1nc(C)cc(C)n1. The second-order valence-electron chi connectivity index (χ2n) is 7.82. The minimum atomic E-state index is -0.176. The molecule has 2 aromatic carbocycles. The number of nitrogens with zero attached hydrogens (tertiary/aromatic N) is 4. The van der Waals surface area contributed by atoms with Crippen molar-refractivity contribution in [1.82, 2.24) is 19.7 Å². The highest BCUT2D eigenvalue weighted by molar-refractivity contribution is 8.00. The molecule has 7 nitrogen and oxygen atoms in total. The van der Waals surface area contributed by atoms with Gasteiger partial charge in [-0.3, -0.25) is 4.79 Å². The maximum absolute atomic E-state index is 12.8. The van der Waals surface area contributed by atoms with Crippen molar-refractivity contribution in [3.8, 4) is 23.0 Å². The van der Waals surface area contributed by atoms with Crippen molar-refractivity contribution < 1.29 is 9.53 Å². The largest absolute Gasteiger partial charge is 0.496 e. The van der Waals surface area contributed by atoms with E-state index in [4.69, 9.17) is 9.84 Å². The maximum atomic E-state index is 12.8. The Morgan fingerprint density at radius 3 is 2.45 bits per heavy atom. The Labute approximate surface area is 196 Å². The van der Waals surface area contributed by atoms with E-state index in [-0.39, 0.29) is 11.2 Å². The molecule has 1 aliphatic heterocycles. The van der Waals surface area contributed by atoms with Crippen LogP contribution in [0.15, 0.2) is 60.7 Å². The fourth-order valence-corrected chi connectivity index (χ4v) is 5.25. The summed E-state index contributed by atoms with van der Waals surface area (Å²) >= 11 is 1.55. The van der Waals surface area contributed by atoms with Gasteiger partial charge in [0.2, 0.25) is 5.91 Å². The van der Waals surface area contributed by atoms with Crippen molar-refractivity contribution in [3.63, 3.8) is 0 Å². The van der Waals surface area contributed by atoms with Gasteiger partial charge < -0.3 is 10.1 Å². The fourth-order valence-electron chi connectivity index (χ4n) is 4.09. The number of amides is 1. The Hall–Kier alpha value is -3.65. The third-order valence-electron chi connectivity index (χ3n) is 5.45. The molecule has 1 amide bonds. The predicted octanol–water partition coefficient (Wildman–Crippen LogP) is 4.73. The average Bonchev–Trinajstić information content (AvgIpc) is 3.09. The molecule has 5 rings (SSSR count). The normalized spacial score (nSPS) is 15.5. The number of methoxy groups -OCH3 is 1. The molecule has 4 aromatic rings. The number of thioether (sulfide) groups is 1. The minimum absolute atomic E-state index is 0.0937. The van der Waals surface area contributed by atoms with Gasteiger partial charge in [0.15, 0.2) is 0 Å². The monoisotopic (exact) mass is 457 g/mol. The van der Waals surface area contributed by atoms with Gasteiger partial charge in [0.1, 0.15) is 11.6 Å². The van der Waals surface area contributed by atoms with E-state index in [2.05, 4.69) is 15.3 Å². The van der Waals surface area contributed by atoms with Gasteiger partial charge in [-0.1, -0.05) is 48.5 Å². The lowest BCUT2D eigenvalue weighted by Gasteiger charge is -2.18. The molecule has 0 fully saturated rings. The number of fused-ring (bicyclic) bond motifs is 1. The Morgan fingerprint density at radius 2 is 1.73 bits per heavy atom. The summed E-state index contributed by atoms with van der Waals surface area (Å²) in [7, 11) is 1.66. The van der Waals surface area contributed by atoms with Crippen molar-refractivity contribution in [1.29, 1.82) is 0 Å². The van der Waals surface area contributed by atoms with Gasteiger partial charge in [-0.25, -0.2) is 9.97 Å². The van der Waals surface area contributed by atoms with Crippen LogP contribution < -0.4 is 10.1 Å². The number of ether oxygens (including phenoxy) is 1. The van der Waals surface area contributed by atoms with Gasteiger partial charge in [0.25, 0.3) is 5.95 Å². The number of anilines is 1. The van der Waals surface area contributed by atoms with Crippen LogP contribution >= 0.6 is 11.8 Å². The highest BCUT2D eigenvalue weighted by atomic mass is 32.2. The van der Waals surface area contributed by atoms with Crippen LogP contribution in [0, 0.1) is 13.8 Å². The number of nitrogens with one attached hydrogen (secondary N) is 1. The average molecular weight is 458 g/mol. The van der Waals surface area contributed by atoms with Crippen molar-refractivity contribution in [2.75, 3.05) is 18.2 Å². The number of hydrogen-bond donors (Lipinski definition) is 1. The molecule has 0 unspecified atom stereocenters. The van der Waals surface area contributed by atoms with Crippen LogP contribution in [0.25, 0.3) is 17.2 Å². The lowest BCUT2D eigenvalue weighted by atomic mass is 9.99. The first kappa shape index (κ1) is 21.2. The highest BCUT2D eigenvalue weighted by Gasteiger charge is 2.34. The summed E-state index contributed by atoms with van der Waals surface area (Å²) in [5.74, 6) is 1.99. The summed E-state index contributed by atoms with van der Waals surface area (Å²) in [6, 6.07) is 19.8. The van der Waals surface area contributed by atoms with Gasteiger partial charge >= 0.3 is 0 Å². The summed E-state index contributed by atoms with van der Waals surface area (Å²) in [5, 5.41) is 7.84. The zero-order valence-corrected chi connectivity index (χ0v) is 19.4. The van der Waals surface area contributed by atoms with Crippen LogP contribution in [0.2, 0.25) is 0 Å². The Balaban J connectivity index is 1.82. The Morgan fingerprint density at radius 1 is 1.03 bits per heavy atom. The molecule has 1 atom stereocenters. The maximum Gasteiger partial charge on any atom is 0.252 e. The molecule has 1 aliphatic rings. The molecule has 1 N–H and O–H groups in total. The van der Waals surface area contributed by atoms with Crippen molar-refractivity contribution in [3.05, 3.63) is 83.2 Å². The van der Waals surface area contributed by atoms with E-state index in [1.54, 1.807) is 23.6 Å². The van der Waals surface area contributed by atoms with Gasteiger partial charge in [0, 0.05) is 28.1 Å². The summed E-state index contributed by atoms with van der Waals surface area (Å²) in [6.07, 6.45) is 0.